The highest BCUT2D eigenvalue weighted by molar-refractivity contribution is 6.05. The minimum atomic E-state index is 0.0488. The molecule has 2 saturated heterocycles. The van der Waals surface area contributed by atoms with Crippen molar-refractivity contribution in [3.05, 3.63) is 30.0 Å². The van der Waals surface area contributed by atoms with E-state index in [1.54, 1.807) is 4.68 Å². The van der Waals surface area contributed by atoms with E-state index in [0.29, 0.717) is 11.6 Å². The predicted molar refractivity (Wildman–Crippen MR) is 101 cm³/mol. The molecule has 0 radical (unpaired) electrons. The third-order valence-corrected chi connectivity index (χ3v) is 6.13. The molecule has 4 rings (SSSR count). The summed E-state index contributed by atoms with van der Waals surface area (Å²) in [7, 11) is 4.08. The number of piperidine rings is 1. The van der Waals surface area contributed by atoms with Crippen LogP contribution in [0.25, 0.3) is 10.9 Å². The Kier molecular flexibility index (Phi) is 4.49. The first-order valence-electron chi connectivity index (χ1n) is 9.54. The van der Waals surface area contributed by atoms with Gasteiger partial charge in [0.15, 0.2) is 5.69 Å². The molecule has 1 spiro atoms. The molecule has 1 atom stereocenters. The number of nitrogens with zero attached hydrogens (tertiary/aromatic N) is 4. The van der Waals surface area contributed by atoms with Crippen molar-refractivity contribution in [1.82, 2.24) is 19.6 Å². The standard InChI is InChI=1S/C20H28N4O2/c1-4-26-12-15-9-10-22(2)20(11-15)13-24(14-20)19(25)18-16-7-5-6-8-17(16)23(3)21-18/h5-8,15H,4,9-14H2,1-3H3. The third kappa shape index (κ3) is 2.81. The summed E-state index contributed by atoms with van der Waals surface area (Å²) in [5, 5.41) is 5.43. The molecule has 0 saturated carbocycles. The molecular formula is C20H28N4O2. The van der Waals surface area contributed by atoms with Crippen LogP contribution in [0.5, 0.6) is 0 Å². The van der Waals surface area contributed by atoms with Gasteiger partial charge < -0.3 is 9.64 Å². The van der Waals surface area contributed by atoms with E-state index in [-0.39, 0.29) is 11.4 Å². The number of likely N-dealkylation sites (tertiary alicyclic amines) is 2. The highest BCUT2D eigenvalue weighted by Gasteiger charge is 2.51. The number of aryl methyl sites for hydroxylation is 1. The molecule has 26 heavy (non-hydrogen) atoms. The van der Waals surface area contributed by atoms with E-state index < -0.39 is 0 Å². The summed E-state index contributed by atoms with van der Waals surface area (Å²) in [6.45, 7) is 6.31. The van der Waals surface area contributed by atoms with Gasteiger partial charge in [-0.3, -0.25) is 14.4 Å². The zero-order valence-electron chi connectivity index (χ0n) is 15.9. The highest BCUT2D eigenvalue weighted by atomic mass is 16.5. The number of hydrogen-bond donors (Lipinski definition) is 0. The number of aromatic nitrogens is 2. The van der Waals surface area contributed by atoms with Crippen molar-refractivity contribution >= 4 is 16.8 Å². The monoisotopic (exact) mass is 356 g/mol. The Labute approximate surface area is 154 Å². The Morgan fingerprint density at radius 1 is 1.31 bits per heavy atom. The van der Waals surface area contributed by atoms with Crippen molar-refractivity contribution in [3.8, 4) is 0 Å². The molecule has 0 bridgehead atoms. The van der Waals surface area contributed by atoms with E-state index in [9.17, 15) is 4.79 Å². The van der Waals surface area contributed by atoms with Gasteiger partial charge in [0.2, 0.25) is 0 Å². The molecule has 6 heteroatoms. The van der Waals surface area contributed by atoms with Crippen LogP contribution in [0.4, 0.5) is 0 Å². The van der Waals surface area contributed by atoms with Gasteiger partial charge in [0.25, 0.3) is 5.91 Å². The summed E-state index contributed by atoms with van der Waals surface area (Å²) in [5.41, 5.74) is 1.68. The molecule has 1 aromatic carbocycles. The first-order chi connectivity index (χ1) is 12.5. The van der Waals surface area contributed by atoms with Crippen molar-refractivity contribution in [2.45, 2.75) is 25.3 Å². The van der Waals surface area contributed by atoms with Crippen molar-refractivity contribution < 1.29 is 9.53 Å². The lowest BCUT2D eigenvalue weighted by atomic mass is 9.75. The summed E-state index contributed by atoms with van der Waals surface area (Å²) >= 11 is 0. The van der Waals surface area contributed by atoms with Crippen molar-refractivity contribution in [2.24, 2.45) is 13.0 Å². The number of likely N-dealkylation sites (N-methyl/N-ethyl adjacent to an activating group) is 1. The number of rotatable bonds is 4. The number of hydrogen-bond acceptors (Lipinski definition) is 4. The maximum atomic E-state index is 13.0. The van der Waals surface area contributed by atoms with E-state index in [0.717, 1.165) is 50.2 Å². The number of para-hydroxylation sites is 1. The van der Waals surface area contributed by atoms with Gasteiger partial charge in [-0.1, -0.05) is 18.2 Å². The van der Waals surface area contributed by atoms with Crippen molar-refractivity contribution in [2.75, 3.05) is 39.9 Å². The summed E-state index contributed by atoms with van der Waals surface area (Å²) in [6.07, 6.45) is 2.29. The second-order valence-corrected chi connectivity index (χ2v) is 7.81. The topological polar surface area (TPSA) is 50.6 Å². The molecule has 2 fully saturated rings. The van der Waals surface area contributed by atoms with Crippen LogP contribution >= 0.6 is 0 Å². The molecule has 2 aliphatic heterocycles. The van der Waals surface area contributed by atoms with Crippen LogP contribution in [0.15, 0.2) is 24.3 Å². The average molecular weight is 356 g/mol. The zero-order chi connectivity index (χ0) is 18.3. The summed E-state index contributed by atoms with van der Waals surface area (Å²) in [4.78, 5) is 17.4. The van der Waals surface area contributed by atoms with Gasteiger partial charge in [-0.05, 0) is 45.3 Å². The van der Waals surface area contributed by atoms with Gasteiger partial charge in [-0.25, -0.2) is 0 Å². The van der Waals surface area contributed by atoms with Crippen molar-refractivity contribution in [1.29, 1.82) is 0 Å². The van der Waals surface area contributed by atoms with Crippen LogP contribution < -0.4 is 0 Å². The van der Waals surface area contributed by atoms with E-state index >= 15 is 0 Å². The minimum Gasteiger partial charge on any atom is -0.381 e. The van der Waals surface area contributed by atoms with Crippen LogP contribution in [0, 0.1) is 5.92 Å². The Hall–Kier alpha value is -1.92. The predicted octanol–water partition coefficient (Wildman–Crippen LogP) is 2.15. The van der Waals surface area contributed by atoms with E-state index in [4.69, 9.17) is 4.74 Å². The fraction of sp³-hybridized carbons (Fsp3) is 0.600. The minimum absolute atomic E-state index is 0.0488. The van der Waals surface area contributed by atoms with Crippen LogP contribution in [0.3, 0.4) is 0 Å². The van der Waals surface area contributed by atoms with Crippen LogP contribution in [-0.2, 0) is 11.8 Å². The molecule has 140 valence electrons. The Balaban J connectivity index is 1.48. The van der Waals surface area contributed by atoms with E-state index in [1.807, 2.05) is 43.1 Å². The summed E-state index contributed by atoms with van der Waals surface area (Å²) < 4.78 is 7.45. The molecule has 0 aliphatic carbocycles. The highest BCUT2D eigenvalue weighted by Crippen LogP contribution is 2.39. The molecule has 1 aromatic heterocycles. The van der Waals surface area contributed by atoms with E-state index in [2.05, 4.69) is 17.0 Å². The van der Waals surface area contributed by atoms with Gasteiger partial charge in [-0.2, -0.15) is 5.10 Å². The summed E-state index contributed by atoms with van der Waals surface area (Å²) in [5.74, 6) is 0.645. The second kappa shape index (κ2) is 6.67. The molecule has 6 nitrogen and oxygen atoms in total. The van der Waals surface area contributed by atoms with Gasteiger partial charge in [0.1, 0.15) is 0 Å². The Morgan fingerprint density at radius 3 is 2.85 bits per heavy atom. The maximum absolute atomic E-state index is 13.0. The second-order valence-electron chi connectivity index (χ2n) is 7.81. The fourth-order valence-electron chi connectivity index (χ4n) is 4.54. The molecular weight excluding hydrogens is 328 g/mol. The number of carbonyl (C=O) groups excluding carboxylic acids is 1. The Morgan fingerprint density at radius 2 is 2.08 bits per heavy atom. The first kappa shape index (κ1) is 17.5. The molecule has 1 amide bonds. The number of amides is 1. The smallest absolute Gasteiger partial charge is 0.275 e. The quantitative estimate of drug-likeness (QED) is 0.842. The molecule has 2 aliphatic rings. The fourth-order valence-corrected chi connectivity index (χ4v) is 4.54. The molecule has 2 aromatic rings. The van der Waals surface area contributed by atoms with Crippen LogP contribution in [0.1, 0.15) is 30.3 Å². The average Bonchev–Trinajstić information content (AvgIpc) is 2.96. The van der Waals surface area contributed by atoms with Gasteiger partial charge in [-0.15, -0.1) is 0 Å². The SMILES string of the molecule is CCOCC1CCN(C)C2(C1)CN(C(=O)c1nn(C)c3ccccc13)C2. The molecule has 3 heterocycles. The van der Waals surface area contributed by atoms with Gasteiger partial charge >= 0.3 is 0 Å². The van der Waals surface area contributed by atoms with Crippen LogP contribution in [-0.4, -0.2) is 70.9 Å². The Bertz CT molecular complexity index is 807. The number of carbonyl (C=O) groups is 1. The van der Waals surface area contributed by atoms with Crippen LogP contribution in [0.2, 0.25) is 0 Å². The molecule has 0 N–H and O–H groups in total. The number of ether oxygens (including phenoxy) is 1. The lowest BCUT2D eigenvalue weighted by Crippen LogP contribution is -2.72. The summed E-state index contributed by atoms with van der Waals surface area (Å²) in [6, 6.07) is 7.93. The first-order valence-corrected chi connectivity index (χ1v) is 9.54. The number of fused-ring (bicyclic) bond motifs is 1. The lowest BCUT2D eigenvalue weighted by Gasteiger charge is -2.58. The zero-order valence-corrected chi connectivity index (χ0v) is 15.9. The maximum Gasteiger partial charge on any atom is 0.275 e. The number of benzene rings is 1. The molecule has 1 unspecified atom stereocenters. The third-order valence-electron chi connectivity index (χ3n) is 6.13. The lowest BCUT2D eigenvalue weighted by molar-refractivity contribution is -0.0752. The van der Waals surface area contributed by atoms with Crippen molar-refractivity contribution in [3.63, 3.8) is 0 Å². The van der Waals surface area contributed by atoms with Gasteiger partial charge in [0.05, 0.1) is 11.1 Å². The largest absolute Gasteiger partial charge is 0.381 e. The normalized spacial score (nSPS) is 22.7. The van der Waals surface area contributed by atoms with E-state index in [1.165, 1.54) is 6.42 Å². The van der Waals surface area contributed by atoms with Gasteiger partial charge in [0, 0.05) is 38.7 Å².